The quantitative estimate of drug-likeness (QED) is 0.0275. The molecule has 468 valence electrons. The van der Waals surface area contributed by atoms with E-state index in [1.807, 2.05) is 60.0 Å². The van der Waals surface area contributed by atoms with Gasteiger partial charge in [-0.05, 0) is 82.1 Å². The molecule has 2 aliphatic carbocycles. The van der Waals surface area contributed by atoms with Crippen molar-refractivity contribution in [3.63, 3.8) is 0 Å². The Bertz CT molecular complexity index is 3570. The number of nitrogens with one attached hydrogen (secondary N) is 3. The summed E-state index contributed by atoms with van der Waals surface area (Å²) >= 11 is 3.07. The molecule has 10 rings (SSSR count). The summed E-state index contributed by atoms with van der Waals surface area (Å²) in [5.74, 6) is 1.23. The van der Waals surface area contributed by atoms with Crippen LogP contribution in [0.4, 0.5) is 4.79 Å². The van der Waals surface area contributed by atoms with E-state index in [1.165, 1.54) is 11.3 Å². The first-order chi connectivity index (χ1) is 42.3. The van der Waals surface area contributed by atoms with Crippen LogP contribution in [0.2, 0.25) is 0 Å². The van der Waals surface area contributed by atoms with Gasteiger partial charge in [0, 0.05) is 90.6 Å². The average molecular weight is 1240 g/mol. The Kier molecular flexibility index (Phi) is 20.6. The number of likely N-dealkylation sites (tertiary alicyclic amines) is 1. The number of pyridine rings is 2. The first-order valence-corrected chi connectivity index (χ1v) is 31.9. The predicted octanol–water partition coefficient (Wildman–Crippen LogP) is 10.6. The summed E-state index contributed by atoms with van der Waals surface area (Å²) in [5, 5.41) is 16.4. The van der Waals surface area contributed by atoms with Gasteiger partial charge in [0.15, 0.2) is 0 Å². The highest BCUT2D eigenvalue weighted by Crippen LogP contribution is 2.47. The number of hydrogen-bond acceptors (Lipinski definition) is 18. The maximum atomic E-state index is 14.0. The van der Waals surface area contributed by atoms with Crippen molar-refractivity contribution in [2.24, 2.45) is 11.8 Å². The largest absolute Gasteiger partial charge is 0.497 e. The van der Waals surface area contributed by atoms with E-state index in [1.54, 1.807) is 68.4 Å². The Labute approximate surface area is 522 Å². The summed E-state index contributed by atoms with van der Waals surface area (Å²) in [7, 11) is 4.97. The van der Waals surface area contributed by atoms with Gasteiger partial charge in [0.05, 0.1) is 62.4 Å². The standard InChI is InChI=1S/C37H47N5O6S.C29H34N4O5S/c1-8-11-12-13-16-41(6)36(45)42-21-26(18-31(42)33(43)40-37(20-24(37)9-2)35(44)47-10-3)48-32-19-29(34-39-30(22-49-34)23(4)5)38-28-17-25(46-7)14-15-27(28)32;1-6-17-13-29(17,28(35)37-7-2)33-26(34)22-11-19(14-30-22)38-25-12-23(27-32-24(15-39-27)16(3)4)31-21-10-18(36-5)8-9-20(21)25/h8-9,14-15,17,19,22-24,26,31H,1-2,10-13,16,18,20-21H2,3-7H3,(H,40,43);6,8-10,12,15-17,19,22,30H,1,7,11,13-14H2,2-5H3,(H,33,34)/t24-,26-,31+,37-;17-,19-,22+,29-/m11/s1. The van der Waals surface area contributed by atoms with Crippen LogP contribution in [-0.2, 0) is 28.7 Å². The maximum Gasteiger partial charge on any atom is 0.332 e. The Morgan fingerprint density at radius 1 is 0.716 bits per heavy atom. The molecule has 2 saturated heterocycles. The lowest BCUT2D eigenvalue weighted by atomic mass is 10.1. The van der Waals surface area contributed by atoms with E-state index in [-0.39, 0.29) is 62.0 Å². The molecule has 88 heavy (non-hydrogen) atoms. The number of ether oxygens (including phenoxy) is 6. The molecule has 4 aliphatic rings. The van der Waals surface area contributed by atoms with Gasteiger partial charge in [-0.2, -0.15) is 0 Å². The molecule has 2 saturated carbocycles. The lowest BCUT2D eigenvalue weighted by molar-refractivity contribution is -0.149. The molecule has 20 nitrogen and oxygen atoms in total. The fourth-order valence-electron chi connectivity index (χ4n) is 11.1. The van der Waals surface area contributed by atoms with E-state index in [2.05, 4.69) is 68.8 Å². The first kappa shape index (κ1) is 64.5. The third-order valence-corrected chi connectivity index (χ3v) is 18.2. The number of hydrogen-bond donors (Lipinski definition) is 3. The highest BCUT2D eigenvalue weighted by molar-refractivity contribution is 7.13. The Morgan fingerprint density at radius 2 is 1.23 bits per heavy atom. The SMILES string of the molecule is C=CCCCCN(C)C(=O)N1C[C@H](Oc2cc(-c3nc(C(C)C)cs3)nc3cc(OC)ccc23)C[C@H]1C(=O)N[C@]1(C(=O)OCC)C[C@H]1C=C.C=C[C@@H]1C[C@]1(NC(=O)[C@@H]1C[C@@H](Oc2cc(-c3nc(C(C)C)cs3)nc3cc(OC)ccc23)CN1)C(=O)OCC. The zero-order valence-corrected chi connectivity index (χ0v) is 53.4. The highest BCUT2D eigenvalue weighted by atomic mass is 32.1. The van der Waals surface area contributed by atoms with Crippen molar-refractivity contribution >= 4 is 74.3 Å². The van der Waals surface area contributed by atoms with Crippen LogP contribution >= 0.6 is 22.7 Å². The van der Waals surface area contributed by atoms with Crippen LogP contribution in [0.3, 0.4) is 0 Å². The molecule has 3 N–H and O–H groups in total. The fourth-order valence-corrected chi connectivity index (χ4v) is 13.0. The number of carbonyl (C=O) groups is 5. The monoisotopic (exact) mass is 1240 g/mol. The van der Waals surface area contributed by atoms with Gasteiger partial charge in [-0.1, -0.05) is 45.9 Å². The van der Waals surface area contributed by atoms with Gasteiger partial charge < -0.3 is 54.2 Å². The number of rotatable bonds is 25. The molecule has 22 heteroatoms. The van der Waals surface area contributed by atoms with E-state index >= 15 is 0 Å². The van der Waals surface area contributed by atoms with Crippen LogP contribution in [0.5, 0.6) is 23.0 Å². The number of amides is 4. The number of carbonyl (C=O) groups excluding carboxylic acids is 5. The molecule has 0 bridgehead atoms. The lowest BCUT2D eigenvalue weighted by Crippen LogP contribution is -2.55. The predicted molar refractivity (Wildman–Crippen MR) is 341 cm³/mol. The van der Waals surface area contributed by atoms with Gasteiger partial charge in [0.25, 0.3) is 0 Å². The summed E-state index contributed by atoms with van der Waals surface area (Å²) in [4.78, 5) is 89.2. The van der Waals surface area contributed by atoms with Crippen LogP contribution in [0, 0.1) is 11.8 Å². The van der Waals surface area contributed by atoms with Crippen LogP contribution in [0.25, 0.3) is 43.2 Å². The average Bonchev–Trinajstić information content (AvgIpc) is 1.61. The van der Waals surface area contributed by atoms with Crippen LogP contribution < -0.4 is 34.9 Å². The van der Waals surface area contributed by atoms with Crippen molar-refractivity contribution in [1.82, 2.24) is 45.7 Å². The first-order valence-electron chi connectivity index (χ1n) is 30.1. The van der Waals surface area contributed by atoms with Crippen molar-refractivity contribution < 1.29 is 52.4 Å². The minimum Gasteiger partial charge on any atom is -0.497 e. The Hall–Kier alpha value is -7.95. The Balaban J connectivity index is 0.000000215. The molecule has 2 aromatic carbocycles. The van der Waals surface area contributed by atoms with Crippen molar-refractivity contribution in [2.75, 3.05) is 54.1 Å². The molecule has 6 heterocycles. The smallest absolute Gasteiger partial charge is 0.332 e. The van der Waals surface area contributed by atoms with Crippen LogP contribution in [0.1, 0.15) is 110 Å². The number of unbranched alkanes of at least 4 members (excludes halogenated alkanes) is 2. The second kappa shape index (κ2) is 28.0. The summed E-state index contributed by atoms with van der Waals surface area (Å²) in [6.45, 7) is 24.9. The molecule has 4 fully saturated rings. The van der Waals surface area contributed by atoms with Crippen molar-refractivity contribution in [3.8, 4) is 44.4 Å². The molecule has 4 aromatic heterocycles. The Morgan fingerprint density at radius 3 is 1.68 bits per heavy atom. The molecule has 0 radical (unpaired) electrons. The third-order valence-electron chi connectivity index (χ3n) is 16.5. The summed E-state index contributed by atoms with van der Waals surface area (Å²) in [5.41, 5.74) is 2.60. The van der Waals surface area contributed by atoms with Crippen molar-refractivity contribution in [1.29, 1.82) is 0 Å². The van der Waals surface area contributed by atoms with E-state index in [4.69, 9.17) is 48.4 Å². The summed E-state index contributed by atoms with van der Waals surface area (Å²) in [6, 6.07) is 13.4. The number of nitrogens with zero attached hydrogens (tertiary/aromatic N) is 6. The molecule has 4 amide bonds. The minimum atomic E-state index is -1.18. The van der Waals surface area contributed by atoms with Gasteiger partial charge in [-0.15, -0.1) is 42.4 Å². The maximum absolute atomic E-state index is 14.0. The second-order valence-electron chi connectivity index (χ2n) is 23.3. The summed E-state index contributed by atoms with van der Waals surface area (Å²) in [6.07, 6.45) is 8.58. The molecule has 0 unspecified atom stereocenters. The van der Waals surface area contributed by atoms with Gasteiger partial charge in [0.1, 0.15) is 73.7 Å². The van der Waals surface area contributed by atoms with E-state index in [9.17, 15) is 24.0 Å². The topological polar surface area (TPSA) is 235 Å². The van der Waals surface area contributed by atoms with Crippen LogP contribution in [0.15, 0.2) is 97.3 Å². The molecule has 6 aromatic rings. The number of methoxy groups -OCH3 is 2. The normalized spacial score (nSPS) is 22.5. The van der Waals surface area contributed by atoms with Crippen molar-refractivity contribution in [3.05, 3.63) is 109 Å². The van der Waals surface area contributed by atoms with Gasteiger partial charge in [-0.25, -0.2) is 34.3 Å². The van der Waals surface area contributed by atoms with Crippen LogP contribution in [-0.4, -0.2) is 149 Å². The fraction of sp³-hybridized carbons (Fsp3) is 0.470. The number of thiazole rings is 2. The molecular formula is C66H81N9O11S2. The lowest BCUT2D eigenvalue weighted by Gasteiger charge is -2.30. The number of aromatic nitrogens is 4. The van der Waals surface area contributed by atoms with Gasteiger partial charge in [0.2, 0.25) is 11.8 Å². The van der Waals surface area contributed by atoms with E-state index in [0.29, 0.717) is 72.5 Å². The van der Waals surface area contributed by atoms with Crippen molar-refractivity contribution in [2.45, 2.75) is 134 Å². The number of urea groups is 1. The van der Waals surface area contributed by atoms with Gasteiger partial charge >= 0.3 is 18.0 Å². The number of benzene rings is 2. The zero-order valence-electron chi connectivity index (χ0n) is 51.7. The molecule has 8 atom stereocenters. The zero-order chi connectivity index (χ0) is 63.0. The summed E-state index contributed by atoms with van der Waals surface area (Å²) < 4.78 is 34.6. The minimum absolute atomic E-state index is 0.130. The van der Waals surface area contributed by atoms with E-state index in [0.717, 1.165) is 62.6 Å². The van der Waals surface area contributed by atoms with E-state index < -0.39 is 47.1 Å². The molecular weight excluding hydrogens is 1160 g/mol. The highest BCUT2D eigenvalue weighted by Gasteiger charge is 2.63. The molecule has 0 spiro atoms. The number of allylic oxidation sites excluding steroid dienone is 1. The molecule has 2 aliphatic heterocycles. The number of esters is 2. The third kappa shape index (κ3) is 14.1. The number of fused-ring (bicyclic) bond motifs is 2. The second-order valence-corrected chi connectivity index (χ2v) is 25.0. The van der Waals surface area contributed by atoms with Gasteiger partial charge in [-0.3, -0.25) is 9.59 Å².